The average molecular weight is 368 g/mol. The van der Waals surface area contributed by atoms with Crippen molar-refractivity contribution in [3.05, 3.63) is 82.9 Å². The van der Waals surface area contributed by atoms with Gasteiger partial charge >= 0.3 is 0 Å². The highest BCUT2D eigenvalue weighted by atomic mass is 19.1. The Kier molecular flexibility index (Phi) is 7.74. The second kappa shape index (κ2) is 10.3. The van der Waals surface area contributed by atoms with Crippen LogP contribution in [0.2, 0.25) is 0 Å². The van der Waals surface area contributed by atoms with Crippen LogP contribution < -0.4 is 0 Å². The van der Waals surface area contributed by atoms with Crippen LogP contribution in [0.25, 0.3) is 0 Å². The number of benzene rings is 2. The van der Waals surface area contributed by atoms with Gasteiger partial charge in [-0.15, -0.1) is 0 Å². The van der Waals surface area contributed by atoms with Gasteiger partial charge in [-0.3, -0.25) is 0 Å². The summed E-state index contributed by atoms with van der Waals surface area (Å²) in [4.78, 5) is 10.5. The molecule has 0 saturated carbocycles. The van der Waals surface area contributed by atoms with Gasteiger partial charge in [0.1, 0.15) is 25.6 Å². The van der Waals surface area contributed by atoms with Crippen molar-refractivity contribution in [1.82, 2.24) is 0 Å². The largest absolute Gasteiger partial charge is 0.399 e. The smallest absolute Gasteiger partial charge is 0.149 e. The Balaban J connectivity index is 2.19. The molecular weight excluding hydrogens is 343 g/mol. The fourth-order valence-electron chi connectivity index (χ4n) is 2.56. The van der Waals surface area contributed by atoms with Crippen LogP contribution in [0.15, 0.2) is 71.0 Å². The number of nitrogens with zero attached hydrogens (tertiary/aromatic N) is 2. The maximum Gasteiger partial charge on any atom is 0.149 e. The van der Waals surface area contributed by atoms with Crippen LogP contribution in [0.3, 0.4) is 0 Å². The number of alkyl halides is 1. The van der Waals surface area contributed by atoms with Crippen LogP contribution >= 0.6 is 0 Å². The molecule has 2 aromatic rings. The standard InChI is InChI=1S/C22H25FN2O2/c1-5-16(2)22(25-26-4)21-12-7-6-10-20(21)15-24-27-17(3)19-11-8-9-18(13-19)14-23/h6-13,15,17H,2,5,14H2,1,3-4H3/b24-15+,25-22-. The molecule has 0 fully saturated rings. The molecule has 2 rings (SSSR count). The van der Waals surface area contributed by atoms with Gasteiger partial charge in [-0.2, -0.15) is 0 Å². The summed E-state index contributed by atoms with van der Waals surface area (Å²) in [6.45, 7) is 7.44. The first-order valence-electron chi connectivity index (χ1n) is 8.83. The van der Waals surface area contributed by atoms with Gasteiger partial charge < -0.3 is 9.68 Å². The highest BCUT2D eigenvalue weighted by Gasteiger charge is 2.12. The monoisotopic (exact) mass is 368 g/mol. The summed E-state index contributed by atoms with van der Waals surface area (Å²) in [7, 11) is 1.51. The lowest BCUT2D eigenvalue weighted by Crippen LogP contribution is -2.08. The number of allylic oxidation sites excluding steroid dienone is 1. The maximum atomic E-state index is 12.8. The Morgan fingerprint density at radius 2 is 2.00 bits per heavy atom. The van der Waals surface area contributed by atoms with Crippen LogP contribution in [-0.4, -0.2) is 19.0 Å². The average Bonchev–Trinajstić information content (AvgIpc) is 2.72. The molecule has 0 heterocycles. The van der Waals surface area contributed by atoms with E-state index >= 15 is 0 Å². The maximum absolute atomic E-state index is 12.8. The van der Waals surface area contributed by atoms with Crippen LogP contribution in [0.5, 0.6) is 0 Å². The molecule has 142 valence electrons. The predicted octanol–water partition coefficient (Wildman–Crippen LogP) is 5.58. The summed E-state index contributed by atoms with van der Waals surface area (Å²) in [6.07, 6.45) is 2.10. The SMILES string of the molecule is C=C(CC)/C(=N/OC)c1ccccc1/C=N/OC(C)c1cccc(CF)c1. The topological polar surface area (TPSA) is 43.2 Å². The minimum Gasteiger partial charge on any atom is -0.399 e. The van der Waals surface area contributed by atoms with E-state index in [2.05, 4.69) is 16.9 Å². The second-order valence-corrected chi connectivity index (χ2v) is 6.03. The van der Waals surface area contributed by atoms with Crippen molar-refractivity contribution in [2.24, 2.45) is 10.3 Å². The number of hydrogen-bond donors (Lipinski definition) is 0. The molecule has 4 nitrogen and oxygen atoms in total. The molecule has 0 saturated heterocycles. The van der Waals surface area contributed by atoms with Crippen molar-refractivity contribution in [1.29, 1.82) is 0 Å². The predicted molar refractivity (Wildman–Crippen MR) is 108 cm³/mol. The lowest BCUT2D eigenvalue weighted by Gasteiger charge is -2.12. The van der Waals surface area contributed by atoms with Crippen molar-refractivity contribution in [3.8, 4) is 0 Å². The molecule has 27 heavy (non-hydrogen) atoms. The molecule has 0 aliphatic heterocycles. The molecule has 1 atom stereocenters. The molecule has 5 heteroatoms. The highest BCUT2D eigenvalue weighted by Crippen LogP contribution is 2.19. The summed E-state index contributed by atoms with van der Waals surface area (Å²) < 4.78 is 12.8. The molecule has 0 aromatic heterocycles. The van der Waals surface area contributed by atoms with E-state index in [9.17, 15) is 4.39 Å². The molecule has 1 unspecified atom stereocenters. The zero-order chi connectivity index (χ0) is 19.6. The van der Waals surface area contributed by atoms with Gasteiger partial charge in [0.2, 0.25) is 0 Å². The minimum atomic E-state index is -0.500. The van der Waals surface area contributed by atoms with Gasteiger partial charge in [-0.05, 0) is 36.1 Å². The Bertz CT molecular complexity index is 831. The molecular formula is C22H25FN2O2. The Hall–Kier alpha value is -2.95. The first-order chi connectivity index (χ1) is 13.1. The van der Waals surface area contributed by atoms with E-state index in [1.807, 2.05) is 50.2 Å². The lowest BCUT2D eigenvalue weighted by molar-refractivity contribution is 0.0736. The third-order valence-corrected chi connectivity index (χ3v) is 4.15. The van der Waals surface area contributed by atoms with E-state index in [-0.39, 0.29) is 6.10 Å². The van der Waals surface area contributed by atoms with Gasteiger partial charge in [0, 0.05) is 11.1 Å². The third kappa shape index (κ3) is 5.51. The third-order valence-electron chi connectivity index (χ3n) is 4.15. The second-order valence-electron chi connectivity index (χ2n) is 6.03. The number of halogens is 1. The van der Waals surface area contributed by atoms with E-state index in [0.717, 1.165) is 28.7 Å². The van der Waals surface area contributed by atoms with Crippen LogP contribution in [0.1, 0.15) is 48.6 Å². The number of rotatable bonds is 9. The van der Waals surface area contributed by atoms with Crippen molar-refractivity contribution in [3.63, 3.8) is 0 Å². The van der Waals surface area contributed by atoms with E-state index in [0.29, 0.717) is 11.3 Å². The molecule has 0 radical (unpaired) electrons. The van der Waals surface area contributed by atoms with Crippen LogP contribution in [0, 0.1) is 0 Å². The van der Waals surface area contributed by atoms with E-state index in [4.69, 9.17) is 9.68 Å². The first kappa shape index (κ1) is 20.4. The van der Waals surface area contributed by atoms with Gasteiger partial charge in [0.05, 0.1) is 6.21 Å². The fraction of sp³-hybridized carbons (Fsp3) is 0.273. The van der Waals surface area contributed by atoms with Gasteiger partial charge in [-0.1, -0.05) is 66.3 Å². The Morgan fingerprint density at radius 1 is 1.22 bits per heavy atom. The summed E-state index contributed by atoms with van der Waals surface area (Å²) >= 11 is 0. The summed E-state index contributed by atoms with van der Waals surface area (Å²) in [5, 5.41) is 8.23. The molecule has 0 spiro atoms. The molecule has 0 aliphatic carbocycles. The number of hydrogen-bond acceptors (Lipinski definition) is 4. The zero-order valence-corrected chi connectivity index (χ0v) is 16.0. The molecule has 0 N–H and O–H groups in total. The van der Waals surface area contributed by atoms with E-state index in [1.165, 1.54) is 7.11 Å². The summed E-state index contributed by atoms with van der Waals surface area (Å²) in [6, 6.07) is 14.9. The summed E-state index contributed by atoms with van der Waals surface area (Å²) in [5.41, 5.74) is 4.76. The van der Waals surface area contributed by atoms with Crippen LogP contribution in [0.4, 0.5) is 4.39 Å². The highest BCUT2D eigenvalue weighted by molar-refractivity contribution is 6.15. The minimum absolute atomic E-state index is 0.294. The van der Waals surface area contributed by atoms with Crippen molar-refractivity contribution >= 4 is 11.9 Å². The Morgan fingerprint density at radius 3 is 2.70 bits per heavy atom. The zero-order valence-electron chi connectivity index (χ0n) is 16.0. The Labute approximate surface area is 160 Å². The first-order valence-corrected chi connectivity index (χ1v) is 8.83. The summed E-state index contributed by atoms with van der Waals surface area (Å²) in [5.74, 6) is 0. The van der Waals surface area contributed by atoms with E-state index in [1.54, 1.807) is 18.3 Å². The van der Waals surface area contributed by atoms with Crippen molar-refractivity contribution in [2.75, 3.05) is 7.11 Å². The molecule has 0 amide bonds. The van der Waals surface area contributed by atoms with Crippen molar-refractivity contribution in [2.45, 2.75) is 33.0 Å². The van der Waals surface area contributed by atoms with E-state index < -0.39 is 6.67 Å². The van der Waals surface area contributed by atoms with Crippen LogP contribution in [-0.2, 0) is 16.3 Å². The van der Waals surface area contributed by atoms with Crippen molar-refractivity contribution < 1.29 is 14.1 Å². The molecule has 0 aliphatic rings. The molecule has 2 aromatic carbocycles. The van der Waals surface area contributed by atoms with Gasteiger partial charge in [-0.25, -0.2) is 4.39 Å². The molecule has 0 bridgehead atoms. The quantitative estimate of drug-likeness (QED) is 0.428. The van der Waals surface area contributed by atoms with Gasteiger partial charge in [0.15, 0.2) is 0 Å². The normalized spacial score (nSPS) is 12.8. The lowest BCUT2D eigenvalue weighted by atomic mass is 9.97. The fourth-order valence-corrected chi connectivity index (χ4v) is 2.56. The number of oxime groups is 2. The van der Waals surface area contributed by atoms with Gasteiger partial charge in [0.25, 0.3) is 0 Å².